The highest BCUT2D eigenvalue weighted by molar-refractivity contribution is 6.33. The van der Waals surface area contributed by atoms with Gasteiger partial charge in [0, 0.05) is 18.5 Å². The molecule has 1 aromatic heterocycles. The molecule has 0 fully saturated rings. The summed E-state index contributed by atoms with van der Waals surface area (Å²) >= 11 is 6.29. The van der Waals surface area contributed by atoms with E-state index in [9.17, 15) is 8.78 Å². The third kappa shape index (κ3) is 6.20. The molecule has 1 heterocycles. The first-order chi connectivity index (χ1) is 16.1. The smallest absolute Gasteiger partial charge is 0.159 e. The Morgan fingerprint density at radius 3 is 2.44 bits per heavy atom. The van der Waals surface area contributed by atoms with E-state index in [0.717, 1.165) is 17.5 Å². The molecule has 3 aromatic rings. The van der Waals surface area contributed by atoms with Gasteiger partial charge in [0.05, 0.1) is 5.02 Å². The predicted octanol–water partition coefficient (Wildman–Crippen LogP) is 7.02. The summed E-state index contributed by atoms with van der Waals surface area (Å²) in [4.78, 5) is 8.90. The number of aliphatic imine (C=N–C) groups is 1. The van der Waals surface area contributed by atoms with Crippen LogP contribution in [0, 0.1) is 18.6 Å². The number of aryl methyl sites for hydroxylation is 1. The fraction of sp³-hybridized carbons (Fsp3) is 0.259. The summed E-state index contributed by atoms with van der Waals surface area (Å²) in [7, 11) is 0. The van der Waals surface area contributed by atoms with E-state index in [1.807, 2.05) is 25.1 Å². The van der Waals surface area contributed by atoms with Gasteiger partial charge in [0.25, 0.3) is 0 Å². The van der Waals surface area contributed by atoms with Crippen molar-refractivity contribution in [1.82, 2.24) is 4.98 Å². The molecular weight excluding hydrogens is 454 g/mol. The molecule has 0 unspecified atom stereocenters. The Labute approximate surface area is 204 Å². The molecule has 3 rings (SSSR count). The molecule has 0 aliphatic carbocycles. The zero-order valence-electron chi connectivity index (χ0n) is 19.6. The molecule has 0 saturated carbocycles. The fourth-order valence-electron chi connectivity index (χ4n) is 3.62. The second-order valence-electron chi connectivity index (χ2n) is 8.87. The van der Waals surface area contributed by atoms with Gasteiger partial charge in [0.1, 0.15) is 23.3 Å². The first kappa shape index (κ1) is 25.4. The Hall–Kier alpha value is -3.25. The maximum Gasteiger partial charge on any atom is 0.159 e. The van der Waals surface area contributed by atoms with Crippen LogP contribution in [-0.4, -0.2) is 10.8 Å². The normalized spacial score (nSPS) is 12.0. The summed E-state index contributed by atoms with van der Waals surface area (Å²) in [6.07, 6.45) is 3.27. The molecule has 0 atom stereocenters. The van der Waals surface area contributed by atoms with Crippen LogP contribution < -0.4 is 11.1 Å². The third-order valence-electron chi connectivity index (χ3n) is 5.66. The average Bonchev–Trinajstić information content (AvgIpc) is 2.76. The number of anilines is 1. The number of rotatable bonds is 9. The van der Waals surface area contributed by atoms with Crippen LogP contribution in [0.25, 0.3) is 0 Å². The summed E-state index contributed by atoms with van der Waals surface area (Å²) in [5.41, 5.74) is 9.12. The van der Waals surface area contributed by atoms with Gasteiger partial charge in [-0.25, -0.2) is 18.8 Å². The van der Waals surface area contributed by atoms with E-state index >= 15 is 0 Å². The highest BCUT2D eigenvalue weighted by atomic mass is 35.5. The lowest BCUT2D eigenvalue weighted by Gasteiger charge is -2.23. The Morgan fingerprint density at radius 1 is 1.18 bits per heavy atom. The number of nitrogens with two attached hydrogens (primary N) is 1. The maximum absolute atomic E-state index is 13.9. The molecule has 34 heavy (non-hydrogen) atoms. The molecule has 0 aliphatic rings. The monoisotopic (exact) mass is 482 g/mol. The van der Waals surface area contributed by atoms with Crippen LogP contribution in [0.5, 0.6) is 0 Å². The van der Waals surface area contributed by atoms with E-state index in [-0.39, 0.29) is 23.3 Å². The van der Waals surface area contributed by atoms with Gasteiger partial charge in [-0.1, -0.05) is 61.9 Å². The van der Waals surface area contributed by atoms with Crippen molar-refractivity contribution in [2.24, 2.45) is 10.7 Å². The first-order valence-corrected chi connectivity index (χ1v) is 11.4. The van der Waals surface area contributed by atoms with Gasteiger partial charge >= 0.3 is 0 Å². The van der Waals surface area contributed by atoms with Crippen molar-refractivity contribution >= 4 is 29.1 Å². The van der Waals surface area contributed by atoms with Crippen molar-refractivity contribution in [3.63, 3.8) is 0 Å². The minimum Gasteiger partial charge on any atom is -0.387 e. The van der Waals surface area contributed by atoms with E-state index in [1.54, 1.807) is 6.07 Å². The molecule has 0 spiro atoms. The Bertz CT molecular complexity index is 1180. The molecule has 2 aromatic carbocycles. The molecule has 3 N–H and O–H groups in total. The highest BCUT2D eigenvalue weighted by Gasteiger charge is 2.18. The Morgan fingerprint density at radius 2 is 1.82 bits per heavy atom. The van der Waals surface area contributed by atoms with Crippen molar-refractivity contribution in [3.05, 3.63) is 100 Å². The van der Waals surface area contributed by atoms with Gasteiger partial charge in [0.2, 0.25) is 0 Å². The second-order valence-corrected chi connectivity index (χ2v) is 9.27. The first-order valence-electron chi connectivity index (χ1n) is 11.0. The second kappa shape index (κ2) is 10.8. The minimum absolute atomic E-state index is 0.0131. The topological polar surface area (TPSA) is 63.3 Å². The summed E-state index contributed by atoms with van der Waals surface area (Å²) in [6, 6.07) is 13.7. The van der Waals surface area contributed by atoms with Gasteiger partial charge in [-0.05, 0) is 53.6 Å². The fourth-order valence-corrected chi connectivity index (χ4v) is 3.89. The van der Waals surface area contributed by atoms with E-state index in [2.05, 4.69) is 47.9 Å². The van der Waals surface area contributed by atoms with Crippen molar-refractivity contribution < 1.29 is 8.78 Å². The number of pyridine rings is 1. The number of hydrogen-bond donors (Lipinski definition) is 2. The maximum atomic E-state index is 13.9. The highest BCUT2D eigenvalue weighted by Crippen LogP contribution is 2.29. The van der Waals surface area contributed by atoms with Crippen LogP contribution >= 0.6 is 11.6 Å². The van der Waals surface area contributed by atoms with Crippen molar-refractivity contribution in [1.29, 1.82) is 0 Å². The summed E-state index contributed by atoms with van der Waals surface area (Å²) in [6.45, 7) is 9.91. The van der Waals surface area contributed by atoms with Crippen LogP contribution in [0.4, 0.5) is 20.4 Å². The number of allylic oxidation sites excluding steroid dienone is 1. The Balaban J connectivity index is 1.76. The van der Waals surface area contributed by atoms with Crippen LogP contribution in [0.2, 0.25) is 5.02 Å². The molecular formula is C27H29ClF2N4. The average molecular weight is 483 g/mol. The number of nitrogens with zero attached hydrogens (tertiary/aromatic N) is 2. The number of halogens is 3. The van der Waals surface area contributed by atoms with Gasteiger partial charge in [-0.15, -0.1) is 6.58 Å². The molecule has 0 aliphatic heterocycles. The van der Waals surface area contributed by atoms with Crippen molar-refractivity contribution in [2.45, 2.75) is 45.6 Å². The number of amidine groups is 1. The van der Waals surface area contributed by atoms with E-state index in [4.69, 9.17) is 17.3 Å². The Kier molecular flexibility index (Phi) is 8.05. The number of nitrogens with one attached hydrogen (secondary N) is 1. The molecule has 0 saturated heterocycles. The zero-order chi connectivity index (χ0) is 24.9. The largest absolute Gasteiger partial charge is 0.387 e. The summed E-state index contributed by atoms with van der Waals surface area (Å²) < 4.78 is 27.9. The SMILES string of the molecule is C=CCC(C)(C)c1ccc(C/C(N)=N/c2nc(NCc3c(F)cccc3F)c(Cl)cc2C)cc1. The van der Waals surface area contributed by atoms with Crippen LogP contribution in [0.3, 0.4) is 0 Å². The molecule has 0 bridgehead atoms. The van der Waals surface area contributed by atoms with Crippen LogP contribution in [0.1, 0.15) is 42.5 Å². The van der Waals surface area contributed by atoms with Crippen molar-refractivity contribution in [3.8, 4) is 0 Å². The molecule has 0 radical (unpaired) electrons. The van der Waals surface area contributed by atoms with E-state index in [1.165, 1.54) is 23.8 Å². The van der Waals surface area contributed by atoms with Crippen molar-refractivity contribution in [2.75, 3.05) is 5.32 Å². The molecule has 178 valence electrons. The van der Waals surface area contributed by atoms with Gasteiger partial charge < -0.3 is 11.1 Å². The van der Waals surface area contributed by atoms with E-state index < -0.39 is 11.6 Å². The summed E-state index contributed by atoms with van der Waals surface area (Å²) in [5.74, 6) is -0.228. The summed E-state index contributed by atoms with van der Waals surface area (Å²) in [5, 5.41) is 3.22. The quantitative estimate of drug-likeness (QED) is 0.196. The van der Waals surface area contributed by atoms with Crippen LogP contribution in [0.15, 0.2) is 66.2 Å². The molecule has 7 heteroatoms. The number of aromatic nitrogens is 1. The standard InChI is InChI=1S/C27H29ClF2N4/c1-5-13-27(3,4)19-11-9-18(10-12-19)15-24(31)33-25-17(2)14-21(28)26(34-25)32-16-20-22(29)7-6-8-23(20)30/h5-12,14H,1,13,15-16H2,2-4H3,(H3,31,32,33,34). The lowest BCUT2D eigenvalue weighted by atomic mass is 9.81. The lowest BCUT2D eigenvalue weighted by molar-refractivity contribution is 0.534. The van der Waals surface area contributed by atoms with Gasteiger partial charge in [0.15, 0.2) is 5.82 Å². The number of benzene rings is 2. The minimum atomic E-state index is -0.642. The molecule has 0 amide bonds. The van der Waals surface area contributed by atoms with Gasteiger partial charge in [-0.2, -0.15) is 0 Å². The third-order valence-corrected chi connectivity index (χ3v) is 5.95. The van der Waals surface area contributed by atoms with Gasteiger partial charge in [-0.3, -0.25) is 0 Å². The van der Waals surface area contributed by atoms with Crippen LogP contribution in [-0.2, 0) is 18.4 Å². The predicted molar refractivity (Wildman–Crippen MR) is 137 cm³/mol. The molecule has 4 nitrogen and oxygen atoms in total. The lowest BCUT2D eigenvalue weighted by Crippen LogP contribution is -2.17. The zero-order valence-corrected chi connectivity index (χ0v) is 20.4. The number of hydrogen-bond acceptors (Lipinski definition) is 3. The van der Waals surface area contributed by atoms with E-state index in [0.29, 0.717) is 23.1 Å².